The molecule has 0 bridgehead atoms. The van der Waals surface area contributed by atoms with E-state index >= 15 is 0 Å². The van der Waals surface area contributed by atoms with E-state index in [4.69, 9.17) is 5.73 Å². The Morgan fingerprint density at radius 2 is 1.88 bits per heavy atom. The Bertz CT molecular complexity index is 1340. The van der Waals surface area contributed by atoms with Crippen LogP contribution in [0.2, 0.25) is 0 Å². The number of nitrogens with two attached hydrogens (primary N) is 1. The molecule has 162 valence electrons. The second-order valence-corrected chi connectivity index (χ2v) is 7.94. The summed E-state index contributed by atoms with van der Waals surface area (Å²) in [7, 11) is 0. The molecule has 0 saturated heterocycles. The smallest absolute Gasteiger partial charge is 0.382 e. The number of thiophene rings is 1. The minimum atomic E-state index is -4.48. The van der Waals surface area contributed by atoms with Crippen molar-refractivity contribution in [3.63, 3.8) is 0 Å². The van der Waals surface area contributed by atoms with Gasteiger partial charge in [-0.15, -0.1) is 11.3 Å². The van der Waals surface area contributed by atoms with Crippen molar-refractivity contribution >= 4 is 51.1 Å². The molecule has 9 heteroatoms. The SMILES string of the molecule is Cc1ccc(C(=O)Nc2cccc(C(F)(F)F)c2)cc1C=Cc1csc2c(N)ncnc12. The first-order chi connectivity index (χ1) is 15.2. The van der Waals surface area contributed by atoms with Gasteiger partial charge in [0, 0.05) is 22.2 Å². The number of halogens is 3. The van der Waals surface area contributed by atoms with Gasteiger partial charge in [0.2, 0.25) is 0 Å². The number of carbonyl (C=O) groups excluding carboxylic acids is 1. The lowest BCUT2D eigenvalue weighted by molar-refractivity contribution is -0.137. The van der Waals surface area contributed by atoms with Gasteiger partial charge in [-0.3, -0.25) is 4.79 Å². The highest BCUT2D eigenvalue weighted by molar-refractivity contribution is 7.18. The maximum absolute atomic E-state index is 12.9. The summed E-state index contributed by atoms with van der Waals surface area (Å²) in [6.45, 7) is 1.90. The number of rotatable bonds is 4. The second-order valence-electron chi connectivity index (χ2n) is 7.07. The number of benzene rings is 2. The van der Waals surface area contributed by atoms with Gasteiger partial charge in [0.1, 0.15) is 12.1 Å². The van der Waals surface area contributed by atoms with Gasteiger partial charge in [0.05, 0.1) is 15.8 Å². The van der Waals surface area contributed by atoms with E-state index in [1.165, 1.54) is 29.8 Å². The van der Waals surface area contributed by atoms with Gasteiger partial charge in [-0.25, -0.2) is 9.97 Å². The number of fused-ring (bicyclic) bond motifs is 1. The van der Waals surface area contributed by atoms with Crippen LogP contribution >= 0.6 is 11.3 Å². The van der Waals surface area contributed by atoms with Crippen molar-refractivity contribution in [3.8, 4) is 0 Å². The zero-order chi connectivity index (χ0) is 22.9. The van der Waals surface area contributed by atoms with E-state index in [2.05, 4.69) is 15.3 Å². The van der Waals surface area contributed by atoms with Gasteiger partial charge >= 0.3 is 6.18 Å². The first-order valence-electron chi connectivity index (χ1n) is 9.47. The van der Waals surface area contributed by atoms with Crippen molar-refractivity contribution in [1.29, 1.82) is 0 Å². The van der Waals surface area contributed by atoms with E-state index < -0.39 is 17.6 Å². The summed E-state index contributed by atoms with van der Waals surface area (Å²) in [5.74, 6) is -0.0791. The Kier molecular flexibility index (Phi) is 5.67. The molecule has 0 unspecified atom stereocenters. The molecule has 0 spiro atoms. The Balaban J connectivity index is 1.58. The van der Waals surface area contributed by atoms with Crippen molar-refractivity contribution in [1.82, 2.24) is 9.97 Å². The van der Waals surface area contributed by atoms with Crippen LogP contribution in [-0.2, 0) is 6.18 Å². The van der Waals surface area contributed by atoms with Gasteiger partial charge in [-0.05, 0) is 48.4 Å². The quantitative estimate of drug-likeness (QED) is 0.395. The number of amides is 1. The first kappa shape index (κ1) is 21.5. The minimum Gasteiger partial charge on any atom is -0.382 e. The molecule has 2 aromatic heterocycles. The van der Waals surface area contributed by atoms with Crippen molar-refractivity contribution < 1.29 is 18.0 Å². The molecule has 2 aromatic carbocycles. The van der Waals surface area contributed by atoms with E-state index in [0.29, 0.717) is 11.4 Å². The Hall–Kier alpha value is -3.72. The van der Waals surface area contributed by atoms with Crippen LogP contribution in [0.25, 0.3) is 22.4 Å². The molecular formula is C23H17F3N4OS. The lowest BCUT2D eigenvalue weighted by atomic mass is 10.0. The van der Waals surface area contributed by atoms with Crippen molar-refractivity contribution in [2.75, 3.05) is 11.1 Å². The molecule has 5 nitrogen and oxygen atoms in total. The third-order valence-corrected chi connectivity index (χ3v) is 5.85. The maximum Gasteiger partial charge on any atom is 0.416 e. The van der Waals surface area contributed by atoms with Crippen LogP contribution in [0.5, 0.6) is 0 Å². The molecule has 32 heavy (non-hydrogen) atoms. The zero-order valence-corrected chi connectivity index (χ0v) is 17.6. The predicted molar refractivity (Wildman–Crippen MR) is 121 cm³/mol. The number of aromatic nitrogens is 2. The van der Waals surface area contributed by atoms with Crippen LogP contribution in [0.1, 0.15) is 32.6 Å². The molecule has 0 saturated carbocycles. The maximum atomic E-state index is 12.9. The topological polar surface area (TPSA) is 80.9 Å². The molecule has 0 radical (unpaired) electrons. The van der Waals surface area contributed by atoms with Crippen LogP contribution < -0.4 is 11.1 Å². The molecule has 2 heterocycles. The summed E-state index contributed by atoms with van der Waals surface area (Å²) < 4.78 is 39.5. The fraction of sp³-hybridized carbons (Fsp3) is 0.0870. The average Bonchev–Trinajstić information content (AvgIpc) is 3.17. The highest BCUT2D eigenvalue weighted by Crippen LogP contribution is 2.31. The lowest BCUT2D eigenvalue weighted by Gasteiger charge is -2.10. The number of aryl methyl sites for hydroxylation is 1. The summed E-state index contributed by atoms with van der Waals surface area (Å²) >= 11 is 1.45. The van der Waals surface area contributed by atoms with Crippen molar-refractivity contribution in [2.45, 2.75) is 13.1 Å². The summed E-state index contributed by atoms with van der Waals surface area (Å²) in [4.78, 5) is 20.9. The van der Waals surface area contributed by atoms with E-state index in [0.717, 1.165) is 39.0 Å². The standard InChI is InChI=1S/C23H17F3N4OS/c1-13-5-6-15(22(31)30-18-4-2-3-17(10-18)23(24,25)26)9-14(13)7-8-16-11-32-20-19(16)28-12-29-21(20)27/h2-12H,1H3,(H,30,31)(H2,27,28,29). The molecule has 3 N–H and O–H groups in total. The molecule has 0 aliphatic carbocycles. The Labute approximate surface area is 185 Å². The van der Waals surface area contributed by atoms with Crippen LogP contribution in [0.3, 0.4) is 0 Å². The second kappa shape index (κ2) is 8.43. The molecule has 1 amide bonds. The number of alkyl halides is 3. The Morgan fingerprint density at radius 1 is 1.09 bits per heavy atom. The van der Waals surface area contributed by atoms with E-state index in [1.54, 1.807) is 18.2 Å². The molecule has 4 rings (SSSR count). The number of hydrogen-bond acceptors (Lipinski definition) is 5. The summed E-state index contributed by atoms with van der Waals surface area (Å²) in [5, 5.41) is 4.45. The van der Waals surface area contributed by atoms with Gasteiger partial charge in [-0.2, -0.15) is 13.2 Å². The first-order valence-corrected chi connectivity index (χ1v) is 10.4. The van der Waals surface area contributed by atoms with Crippen LogP contribution in [-0.4, -0.2) is 15.9 Å². The van der Waals surface area contributed by atoms with E-state index in [1.807, 2.05) is 24.5 Å². The third-order valence-electron chi connectivity index (χ3n) is 4.84. The van der Waals surface area contributed by atoms with Crippen LogP contribution in [0.15, 0.2) is 54.2 Å². The van der Waals surface area contributed by atoms with Gasteiger partial charge in [0.25, 0.3) is 5.91 Å². The summed E-state index contributed by atoms with van der Waals surface area (Å²) in [5.41, 5.74) is 8.80. The highest BCUT2D eigenvalue weighted by Gasteiger charge is 2.30. The van der Waals surface area contributed by atoms with Gasteiger partial charge in [-0.1, -0.05) is 24.3 Å². The fourth-order valence-electron chi connectivity index (χ4n) is 3.12. The number of anilines is 2. The molecule has 0 aliphatic heterocycles. The van der Waals surface area contributed by atoms with Crippen molar-refractivity contribution in [2.24, 2.45) is 0 Å². The van der Waals surface area contributed by atoms with Crippen LogP contribution in [0.4, 0.5) is 24.7 Å². The largest absolute Gasteiger partial charge is 0.416 e. The average molecular weight is 454 g/mol. The van der Waals surface area contributed by atoms with Gasteiger partial charge in [0.15, 0.2) is 0 Å². The predicted octanol–water partition coefficient (Wildman–Crippen LogP) is 6.02. The molecule has 0 atom stereocenters. The minimum absolute atomic E-state index is 0.0736. The third kappa shape index (κ3) is 4.47. The lowest BCUT2D eigenvalue weighted by Crippen LogP contribution is -2.13. The molecule has 4 aromatic rings. The number of nitrogen functional groups attached to an aromatic ring is 1. The Morgan fingerprint density at radius 3 is 2.66 bits per heavy atom. The monoisotopic (exact) mass is 454 g/mol. The summed E-state index contributed by atoms with van der Waals surface area (Å²) in [6.07, 6.45) is 0.661. The van der Waals surface area contributed by atoms with E-state index in [9.17, 15) is 18.0 Å². The van der Waals surface area contributed by atoms with E-state index in [-0.39, 0.29) is 5.69 Å². The number of carbonyl (C=O) groups is 1. The van der Waals surface area contributed by atoms with Crippen molar-refractivity contribution in [3.05, 3.63) is 82.0 Å². The van der Waals surface area contributed by atoms with Gasteiger partial charge < -0.3 is 11.1 Å². The number of nitrogens with zero attached hydrogens (tertiary/aromatic N) is 2. The molecule has 0 fully saturated rings. The number of nitrogens with one attached hydrogen (secondary N) is 1. The molecule has 0 aliphatic rings. The van der Waals surface area contributed by atoms with Crippen LogP contribution in [0, 0.1) is 6.92 Å². The zero-order valence-electron chi connectivity index (χ0n) is 16.8. The number of hydrogen-bond donors (Lipinski definition) is 2. The fourth-order valence-corrected chi connectivity index (χ4v) is 4.01. The normalized spacial score (nSPS) is 11.9. The highest BCUT2D eigenvalue weighted by atomic mass is 32.1. The summed E-state index contributed by atoms with van der Waals surface area (Å²) in [6, 6.07) is 9.63. The molecular weight excluding hydrogens is 437 g/mol.